The molecule has 6 aromatic rings. The van der Waals surface area contributed by atoms with Crippen molar-refractivity contribution in [1.29, 1.82) is 0 Å². The van der Waals surface area contributed by atoms with E-state index in [1.54, 1.807) is 54.6 Å². The number of benzene rings is 5. The average Bonchev–Trinajstić information content (AvgIpc) is 3.73. The van der Waals surface area contributed by atoms with E-state index in [1.807, 2.05) is 91.4 Å². The van der Waals surface area contributed by atoms with Crippen LogP contribution in [0.5, 0.6) is 0 Å². The minimum atomic E-state index is -4.34. The number of methoxy groups -OCH3 is 1. The number of carbonyl (C=O) groups is 5. The van der Waals surface area contributed by atoms with Crippen molar-refractivity contribution >= 4 is 62.5 Å². The normalized spacial score (nSPS) is 11.4. The van der Waals surface area contributed by atoms with Crippen LogP contribution in [-0.2, 0) is 55.2 Å². The Balaban J connectivity index is 1.04. The molecule has 1 heterocycles. The Bertz CT molecular complexity index is 2810. The highest BCUT2D eigenvalue weighted by atomic mass is 32.2. The molecule has 0 unspecified atom stereocenters. The highest BCUT2D eigenvalue weighted by molar-refractivity contribution is 7.87. The zero-order valence-electron chi connectivity index (χ0n) is 39.2. The minimum Gasteiger partial charge on any atom is -0.465 e. The van der Waals surface area contributed by atoms with Crippen molar-refractivity contribution in [2.24, 2.45) is 0 Å². The Hall–Kier alpha value is -7.34. The number of anilines is 2. The summed E-state index contributed by atoms with van der Waals surface area (Å²) >= 11 is 0. The molecule has 0 bridgehead atoms. The van der Waals surface area contributed by atoms with Crippen molar-refractivity contribution in [1.82, 2.24) is 18.9 Å². The molecule has 16 nitrogen and oxygen atoms in total. The van der Waals surface area contributed by atoms with Crippen molar-refractivity contribution in [3.05, 3.63) is 166 Å². The molecule has 0 atom stereocenters. The van der Waals surface area contributed by atoms with Gasteiger partial charge in [0.2, 0.25) is 0 Å². The number of aromatic nitrogens is 1. The molecule has 3 amide bonds. The molecule has 1 aromatic heterocycles. The number of rotatable bonds is 23. The van der Waals surface area contributed by atoms with Crippen LogP contribution < -0.4 is 15.4 Å². The molecule has 17 heteroatoms. The Morgan fingerprint density at radius 3 is 2.01 bits per heavy atom. The molecule has 362 valence electrons. The second-order valence-corrected chi connectivity index (χ2v) is 18.1. The number of hydrogen-bond acceptors (Lipinski definition) is 11. The topological polar surface area (TPSA) is 206 Å². The van der Waals surface area contributed by atoms with Gasteiger partial charge in [0.05, 0.1) is 18.2 Å². The number of para-hydroxylation sites is 1. The largest absolute Gasteiger partial charge is 0.465 e. The van der Waals surface area contributed by atoms with Crippen LogP contribution in [-0.4, -0.2) is 92.3 Å². The van der Waals surface area contributed by atoms with E-state index in [9.17, 15) is 32.4 Å². The van der Waals surface area contributed by atoms with Gasteiger partial charge in [-0.1, -0.05) is 98.8 Å². The molecular weight excluding hydrogens is 901 g/mol. The Morgan fingerprint density at radius 1 is 0.681 bits per heavy atom. The lowest BCUT2D eigenvalue weighted by Crippen LogP contribution is -2.46. The molecule has 0 radical (unpaired) electrons. The molecule has 0 aliphatic heterocycles. The van der Waals surface area contributed by atoms with Crippen LogP contribution in [0.1, 0.15) is 86.4 Å². The first-order chi connectivity index (χ1) is 33.3. The number of nitrogens with zero attached hydrogens (tertiary/aromatic N) is 2. The van der Waals surface area contributed by atoms with E-state index in [4.69, 9.17) is 14.2 Å². The maximum absolute atomic E-state index is 14.0. The van der Waals surface area contributed by atoms with Crippen LogP contribution in [0, 0.1) is 0 Å². The SMILES string of the molecule is CCC(CC)N(CCN(C)S(=O)(=O)NC(=O)OCC(=O)OCc1ccccc1)Cc1cccc(C(=O)Nc2[nH]c3ccccc3c2C(=O)Nc2ccc(CCCc3ccc(C(=O)OC)cc3)cc2)c1. The van der Waals surface area contributed by atoms with E-state index in [2.05, 4.69) is 20.5 Å². The van der Waals surface area contributed by atoms with Gasteiger partial charge in [-0.3, -0.25) is 14.5 Å². The maximum Gasteiger partial charge on any atom is 0.422 e. The first-order valence-corrected chi connectivity index (χ1v) is 24.1. The van der Waals surface area contributed by atoms with E-state index in [0.29, 0.717) is 34.3 Å². The van der Waals surface area contributed by atoms with Crippen molar-refractivity contribution < 1.29 is 46.6 Å². The van der Waals surface area contributed by atoms with Crippen molar-refractivity contribution in [3.63, 3.8) is 0 Å². The number of nitrogens with one attached hydrogen (secondary N) is 4. The highest BCUT2D eigenvalue weighted by Gasteiger charge is 2.25. The number of H-pyrrole nitrogens is 1. The lowest BCUT2D eigenvalue weighted by atomic mass is 10.0. The van der Waals surface area contributed by atoms with Crippen LogP contribution in [0.15, 0.2) is 127 Å². The summed E-state index contributed by atoms with van der Waals surface area (Å²) in [5.74, 6) is -1.81. The molecule has 0 saturated heterocycles. The molecule has 0 fully saturated rings. The fraction of sp³-hybridized carbons (Fsp3) is 0.288. The zero-order valence-corrected chi connectivity index (χ0v) is 40.0. The van der Waals surface area contributed by atoms with E-state index < -0.39 is 40.7 Å². The van der Waals surface area contributed by atoms with E-state index in [0.717, 1.165) is 58.7 Å². The minimum absolute atomic E-state index is 0.00493. The predicted octanol–water partition coefficient (Wildman–Crippen LogP) is 8.27. The Kier molecular flexibility index (Phi) is 18.2. The highest BCUT2D eigenvalue weighted by Crippen LogP contribution is 2.28. The van der Waals surface area contributed by atoms with Crippen molar-refractivity contribution in [2.45, 2.75) is 65.1 Å². The molecule has 5 aromatic carbocycles. The summed E-state index contributed by atoms with van der Waals surface area (Å²) in [7, 11) is -1.65. The van der Waals surface area contributed by atoms with Crippen LogP contribution in [0.25, 0.3) is 10.9 Å². The molecule has 0 spiro atoms. The van der Waals surface area contributed by atoms with E-state index in [-0.39, 0.29) is 43.1 Å². The van der Waals surface area contributed by atoms with Gasteiger partial charge in [-0.05, 0) is 96.8 Å². The van der Waals surface area contributed by atoms with Gasteiger partial charge in [0, 0.05) is 54.9 Å². The number of aromatic amines is 1. The van der Waals surface area contributed by atoms with E-state index in [1.165, 1.54) is 14.2 Å². The summed E-state index contributed by atoms with van der Waals surface area (Å²) < 4.78 is 43.6. The summed E-state index contributed by atoms with van der Waals surface area (Å²) in [5, 5.41) is 6.55. The number of likely N-dealkylation sites (N-methyl/N-ethyl adjacent to an activating group) is 1. The lowest BCUT2D eigenvalue weighted by Gasteiger charge is -2.32. The fourth-order valence-corrected chi connectivity index (χ4v) is 8.52. The number of ether oxygens (including phenoxy) is 3. The number of esters is 2. The van der Waals surface area contributed by atoms with Crippen LogP contribution in [0.2, 0.25) is 0 Å². The monoisotopic (exact) mass is 958 g/mol. The first-order valence-electron chi connectivity index (χ1n) is 22.7. The van der Waals surface area contributed by atoms with Crippen LogP contribution in [0.3, 0.4) is 0 Å². The van der Waals surface area contributed by atoms with Crippen molar-refractivity contribution in [2.75, 3.05) is 44.5 Å². The van der Waals surface area contributed by atoms with E-state index >= 15 is 0 Å². The number of amides is 3. The van der Waals surface area contributed by atoms with Gasteiger partial charge in [-0.25, -0.2) is 19.1 Å². The third-order valence-electron chi connectivity index (χ3n) is 11.6. The number of hydrogen-bond donors (Lipinski definition) is 4. The maximum atomic E-state index is 14.0. The summed E-state index contributed by atoms with van der Waals surface area (Å²) in [4.78, 5) is 69.4. The van der Waals surface area contributed by atoms with Gasteiger partial charge in [0.25, 0.3) is 11.8 Å². The van der Waals surface area contributed by atoms with Crippen LogP contribution in [0.4, 0.5) is 16.3 Å². The lowest BCUT2D eigenvalue weighted by molar-refractivity contribution is -0.148. The zero-order chi connectivity index (χ0) is 49.3. The van der Waals surface area contributed by atoms with Gasteiger partial charge in [-0.15, -0.1) is 0 Å². The number of aryl methyl sites for hydroxylation is 2. The number of fused-ring (bicyclic) bond motifs is 1. The third kappa shape index (κ3) is 14.6. The smallest absolute Gasteiger partial charge is 0.422 e. The first kappa shape index (κ1) is 51.1. The molecule has 6 rings (SSSR count). The quantitative estimate of drug-likeness (QED) is 0.0355. The van der Waals surface area contributed by atoms with Gasteiger partial charge in [0.1, 0.15) is 12.4 Å². The molecule has 4 N–H and O–H groups in total. The molecule has 0 saturated carbocycles. The fourth-order valence-electron chi connectivity index (χ4n) is 7.78. The second-order valence-electron chi connectivity index (χ2n) is 16.4. The second kappa shape index (κ2) is 24.6. The summed E-state index contributed by atoms with van der Waals surface area (Å²) in [5.41, 5.74) is 6.17. The summed E-state index contributed by atoms with van der Waals surface area (Å²) in [6.07, 6.45) is 2.77. The Labute approximate surface area is 402 Å². The van der Waals surface area contributed by atoms with Crippen molar-refractivity contribution in [3.8, 4) is 0 Å². The average molecular weight is 959 g/mol. The van der Waals surface area contributed by atoms with Gasteiger partial charge in [0.15, 0.2) is 6.61 Å². The molecule has 0 aliphatic carbocycles. The third-order valence-corrected chi connectivity index (χ3v) is 13.0. The Morgan fingerprint density at radius 2 is 1.33 bits per heavy atom. The number of carbonyl (C=O) groups excluding carboxylic acids is 5. The summed E-state index contributed by atoms with van der Waals surface area (Å²) in [6, 6.07) is 38.4. The molecule has 0 aliphatic rings. The molecule has 69 heavy (non-hydrogen) atoms. The predicted molar refractivity (Wildman–Crippen MR) is 264 cm³/mol. The standard InChI is InChI=1S/C52H58N6O10S/c1-5-43(6-2)58(31-30-57(3)69(64,65)56-52(63)68-35-46(59)67-34-38-14-8-7-9-15-38)33-39-18-13-19-41(32-39)49(60)55-48-47(44-20-10-11-21-45(44)54-48)50(61)53-42-28-24-37(25-29-42)17-12-16-36-22-26-40(27-23-36)51(62)66-4/h7-11,13-15,18-29,32,43,54H,5-6,12,16-17,30-31,33-35H2,1-4H3,(H,53,61)(H,55,60)(H,56,63). The van der Waals surface area contributed by atoms with Crippen LogP contribution >= 0.6 is 0 Å². The van der Waals surface area contributed by atoms with Gasteiger partial charge in [-0.2, -0.15) is 12.7 Å². The van der Waals surface area contributed by atoms with Gasteiger partial charge < -0.3 is 29.8 Å². The van der Waals surface area contributed by atoms with Gasteiger partial charge >= 0.3 is 28.2 Å². The summed E-state index contributed by atoms with van der Waals surface area (Å²) in [6.45, 7) is 3.95. The molecular formula is C52H58N6O10S.